The van der Waals surface area contributed by atoms with Gasteiger partial charge in [-0.3, -0.25) is 9.59 Å². The van der Waals surface area contributed by atoms with Crippen molar-refractivity contribution in [3.63, 3.8) is 0 Å². The zero-order valence-corrected chi connectivity index (χ0v) is 14.5. The highest BCUT2D eigenvalue weighted by Gasteiger charge is 2.34. The number of thiazole rings is 1. The van der Waals surface area contributed by atoms with Crippen LogP contribution in [0.25, 0.3) is 10.5 Å². The van der Waals surface area contributed by atoms with Crippen LogP contribution < -0.4 is 15.0 Å². The van der Waals surface area contributed by atoms with Crippen LogP contribution in [0.4, 0.5) is 5.69 Å². The quantitative estimate of drug-likeness (QED) is 0.666. The van der Waals surface area contributed by atoms with Gasteiger partial charge in [0.2, 0.25) is 4.96 Å². The number of halogens is 1. The first-order chi connectivity index (χ1) is 11.1. The van der Waals surface area contributed by atoms with Gasteiger partial charge in [0.05, 0.1) is 11.3 Å². The summed E-state index contributed by atoms with van der Waals surface area (Å²) in [5, 5.41) is 3.92. The van der Waals surface area contributed by atoms with Crippen molar-refractivity contribution in [1.29, 1.82) is 0 Å². The average Bonchev–Trinajstić information content (AvgIpc) is 3.16. The van der Waals surface area contributed by atoms with Gasteiger partial charge in [0.25, 0.3) is 11.5 Å². The first-order valence-electron chi connectivity index (χ1n) is 7.10. The molecule has 1 aliphatic heterocycles. The molecular weight excluding hydrogens is 380 g/mol. The van der Waals surface area contributed by atoms with Crippen LogP contribution in [0.1, 0.15) is 18.9 Å². The van der Waals surface area contributed by atoms with E-state index in [4.69, 9.17) is 0 Å². The van der Waals surface area contributed by atoms with Crippen molar-refractivity contribution in [2.24, 2.45) is 0 Å². The predicted molar refractivity (Wildman–Crippen MR) is 91.6 cm³/mol. The minimum atomic E-state index is -0.296. The summed E-state index contributed by atoms with van der Waals surface area (Å²) in [5.74, 6) is -0.137. The topological polar surface area (TPSA) is 67.6 Å². The lowest BCUT2D eigenvalue weighted by Gasteiger charge is -2.15. The standard InChI is InChI=1S/C15H11BrN4O2S/c1-2-5-19-10-4-3-8(16)6-9(10)11(13(19)21)12-14(22)20-15(23-12)17-7-18-20/h3-4,6-7H,2,5H2,1H3. The summed E-state index contributed by atoms with van der Waals surface area (Å²) in [5.41, 5.74) is 1.76. The molecule has 0 unspecified atom stereocenters. The third-order valence-electron chi connectivity index (χ3n) is 3.75. The number of fused-ring (bicyclic) bond motifs is 2. The van der Waals surface area contributed by atoms with E-state index in [2.05, 4.69) is 26.0 Å². The molecule has 1 aromatic carbocycles. The van der Waals surface area contributed by atoms with Gasteiger partial charge in [-0.25, -0.2) is 4.98 Å². The third-order valence-corrected chi connectivity index (χ3v) is 5.29. The van der Waals surface area contributed by atoms with Gasteiger partial charge in [0, 0.05) is 16.6 Å². The van der Waals surface area contributed by atoms with Crippen molar-refractivity contribution >= 4 is 49.4 Å². The van der Waals surface area contributed by atoms with E-state index in [-0.39, 0.29) is 11.5 Å². The van der Waals surface area contributed by atoms with E-state index in [0.29, 0.717) is 21.6 Å². The van der Waals surface area contributed by atoms with Crippen LogP contribution in [-0.2, 0) is 4.79 Å². The van der Waals surface area contributed by atoms with Crippen LogP contribution in [0.5, 0.6) is 0 Å². The first kappa shape index (κ1) is 14.5. The van der Waals surface area contributed by atoms with Crippen LogP contribution in [-0.4, -0.2) is 27.0 Å². The molecule has 2 aromatic heterocycles. The number of amides is 1. The lowest BCUT2D eigenvalue weighted by atomic mass is 10.1. The van der Waals surface area contributed by atoms with Crippen molar-refractivity contribution in [1.82, 2.24) is 14.6 Å². The maximum Gasteiger partial charge on any atom is 0.291 e. The molecule has 0 aliphatic carbocycles. The predicted octanol–water partition coefficient (Wildman–Crippen LogP) is 1.59. The molecule has 6 nitrogen and oxygen atoms in total. The summed E-state index contributed by atoms with van der Waals surface area (Å²) in [7, 11) is 0. The summed E-state index contributed by atoms with van der Waals surface area (Å²) in [6.45, 7) is 2.64. The van der Waals surface area contributed by atoms with Gasteiger partial charge in [0.15, 0.2) is 0 Å². The van der Waals surface area contributed by atoms with Crippen LogP contribution in [0.3, 0.4) is 0 Å². The fourth-order valence-electron chi connectivity index (χ4n) is 2.80. The summed E-state index contributed by atoms with van der Waals surface area (Å²) >= 11 is 4.64. The third kappa shape index (κ3) is 2.05. The first-order valence-corrected chi connectivity index (χ1v) is 8.71. The SMILES string of the molecule is CCCN1C(=O)C(=c2sc3ncnn3c2=O)c2cc(Br)ccc21. The Kier molecular flexibility index (Phi) is 3.31. The second-order valence-corrected chi connectivity index (χ2v) is 7.08. The number of rotatable bonds is 2. The largest absolute Gasteiger partial charge is 0.308 e. The molecule has 0 radical (unpaired) electrons. The highest BCUT2D eigenvalue weighted by molar-refractivity contribution is 9.10. The molecule has 0 N–H and O–H groups in total. The van der Waals surface area contributed by atoms with E-state index in [1.54, 1.807) is 4.90 Å². The minimum Gasteiger partial charge on any atom is -0.308 e. The van der Waals surface area contributed by atoms with Crippen LogP contribution in [0.15, 0.2) is 33.8 Å². The molecule has 0 saturated heterocycles. The van der Waals surface area contributed by atoms with Gasteiger partial charge < -0.3 is 4.90 Å². The van der Waals surface area contributed by atoms with E-state index in [1.165, 1.54) is 22.2 Å². The number of benzene rings is 1. The van der Waals surface area contributed by atoms with Crippen molar-refractivity contribution in [2.45, 2.75) is 13.3 Å². The highest BCUT2D eigenvalue weighted by atomic mass is 79.9. The Hall–Kier alpha value is -2.06. The number of carbonyl (C=O) groups is 1. The van der Waals surface area contributed by atoms with Crippen LogP contribution >= 0.6 is 27.3 Å². The van der Waals surface area contributed by atoms with Gasteiger partial charge in [-0.05, 0) is 24.6 Å². The van der Waals surface area contributed by atoms with E-state index in [1.807, 2.05) is 25.1 Å². The average molecular weight is 391 g/mol. The van der Waals surface area contributed by atoms with E-state index >= 15 is 0 Å². The molecule has 3 aromatic rings. The fourth-order valence-corrected chi connectivity index (χ4v) is 4.13. The Morgan fingerprint density at radius 2 is 2.13 bits per heavy atom. The summed E-state index contributed by atoms with van der Waals surface area (Å²) in [6.07, 6.45) is 2.18. The number of aromatic nitrogens is 3. The zero-order chi connectivity index (χ0) is 16.1. The number of anilines is 1. The maximum absolute atomic E-state index is 12.9. The lowest BCUT2D eigenvalue weighted by molar-refractivity contribution is -0.113. The second kappa shape index (κ2) is 5.24. The van der Waals surface area contributed by atoms with Crippen LogP contribution in [0.2, 0.25) is 0 Å². The summed E-state index contributed by atoms with van der Waals surface area (Å²) < 4.78 is 2.50. The molecule has 0 spiro atoms. The second-order valence-electron chi connectivity index (χ2n) is 5.18. The maximum atomic E-state index is 12.9. The molecule has 4 rings (SSSR count). The fraction of sp³-hybridized carbons (Fsp3) is 0.200. The van der Waals surface area contributed by atoms with Crippen molar-refractivity contribution < 1.29 is 4.79 Å². The van der Waals surface area contributed by atoms with E-state index < -0.39 is 0 Å². The molecule has 1 aliphatic rings. The Bertz CT molecular complexity index is 1060. The molecule has 23 heavy (non-hydrogen) atoms. The number of hydrogen-bond acceptors (Lipinski definition) is 5. The van der Waals surface area contributed by atoms with Crippen molar-refractivity contribution in [3.05, 3.63) is 49.4 Å². The number of hydrogen-bond donors (Lipinski definition) is 0. The molecular formula is C15H11BrN4O2S. The molecule has 0 atom stereocenters. The normalized spacial score (nSPS) is 16.4. The van der Waals surface area contributed by atoms with E-state index in [9.17, 15) is 9.59 Å². The van der Waals surface area contributed by atoms with Gasteiger partial charge in [-0.2, -0.15) is 9.61 Å². The molecule has 0 fully saturated rings. The molecule has 3 heterocycles. The molecule has 1 amide bonds. The molecule has 8 heteroatoms. The Balaban J connectivity index is 2.10. The number of carbonyl (C=O) groups excluding carboxylic acids is 1. The Morgan fingerprint density at radius 1 is 1.30 bits per heavy atom. The Morgan fingerprint density at radius 3 is 2.87 bits per heavy atom. The van der Waals surface area contributed by atoms with Crippen LogP contribution in [0, 0.1) is 0 Å². The molecule has 0 saturated carbocycles. The van der Waals surface area contributed by atoms with Gasteiger partial charge in [-0.15, -0.1) is 0 Å². The highest BCUT2D eigenvalue weighted by Crippen LogP contribution is 2.37. The molecule has 116 valence electrons. The van der Waals surface area contributed by atoms with Crippen molar-refractivity contribution in [2.75, 3.05) is 11.4 Å². The summed E-state index contributed by atoms with van der Waals surface area (Å²) in [6, 6.07) is 5.69. The summed E-state index contributed by atoms with van der Waals surface area (Å²) in [4.78, 5) is 31.7. The Labute approximate surface area is 143 Å². The monoisotopic (exact) mass is 390 g/mol. The lowest BCUT2D eigenvalue weighted by Crippen LogP contribution is -2.32. The van der Waals surface area contributed by atoms with Gasteiger partial charge >= 0.3 is 0 Å². The van der Waals surface area contributed by atoms with Gasteiger partial charge in [0.1, 0.15) is 10.9 Å². The van der Waals surface area contributed by atoms with Crippen molar-refractivity contribution in [3.8, 4) is 0 Å². The smallest absolute Gasteiger partial charge is 0.291 e. The number of nitrogens with zero attached hydrogens (tertiary/aromatic N) is 4. The minimum absolute atomic E-state index is 0.137. The zero-order valence-electron chi connectivity index (χ0n) is 12.1. The van der Waals surface area contributed by atoms with E-state index in [0.717, 1.165) is 22.1 Å². The molecule has 0 bridgehead atoms. The van der Waals surface area contributed by atoms with Gasteiger partial charge in [-0.1, -0.05) is 34.2 Å².